The first-order valence-corrected chi connectivity index (χ1v) is 4.79. The SMILES string of the molecule is COc1c[c]ccc1OCC=CCCl. The quantitative estimate of drug-likeness (QED) is 0.551. The summed E-state index contributed by atoms with van der Waals surface area (Å²) < 4.78 is 10.5. The Morgan fingerprint density at radius 1 is 1.43 bits per heavy atom. The van der Waals surface area contributed by atoms with Crippen molar-refractivity contribution in [1.82, 2.24) is 0 Å². The molecule has 0 saturated heterocycles. The molecule has 0 aliphatic carbocycles. The highest BCUT2D eigenvalue weighted by Gasteiger charge is 2.00. The zero-order chi connectivity index (χ0) is 10.2. The zero-order valence-corrected chi connectivity index (χ0v) is 8.75. The Morgan fingerprint density at radius 3 is 3.00 bits per heavy atom. The molecule has 0 bridgehead atoms. The molecular formula is C11H12ClO2. The third-order valence-electron chi connectivity index (χ3n) is 1.60. The molecular weight excluding hydrogens is 200 g/mol. The number of ether oxygens (including phenoxy) is 2. The highest BCUT2D eigenvalue weighted by atomic mass is 35.5. The van der Waals surface area contributed by atoms with Gasteiger partial charge in [0.1, 0.15) is 6.61 Å². The van der Waals surface area contributed by atoms with Crippen molar-refractivity contribution in [2.24, 2.45) is 0 Å². The second-order valence-electron chi connectivity index (χ2n) is 2.51. The van der Waals surface area contributed by atoms with Gasteiger partial charge in [0, 0.05) is 5.88 Å². The Morgan fingerprint density at radius 2 is 2.29 bits per heavy atom. The third kappa shape index (κ3) is 3.30. The van der Waals surface area contributed by atoms with Crippen molar-refractivity contribution in [3.05, 3.63) is 36.4 Å². The van der Waals surface area contributed by atoms with Crippen molar-refractivity contribution < 1.29 is 9.47 Å². The minimum atomic E-state index is 0.493. The predicted octanol–water partition coefficient (Wildman–Crippen LogP) is 2.67. The average Bonchev–Trinajstić information content (AvgIpc) is 2.25. The maximum Gasteiger partial charge on any atom is 0.161 e. The van der Waals surface area contributed by atoms with Gasteiger partial charge in [-0.05, 0) is 18.2 Å². The lowest BCUT2D eigenvalue weighted by molar-refractivity contribution is 0.326. The number of hydrogen-bond donors (Lipinski definition) is 0. The van der Waals surface area contributed by atoms with E-state index in [1.54, 1.807) is 19.2 Å². The molecule has 0 aliphatic heterocycles. The summed E-state index contributed by atoms with van der Waals surface area (Å²) >= 11 is 5.47. The smallest absolute Gasteiger partial charge is 0.161 e. The summed E-state index contributed by atoms with van der Waals surface area (Å²) in [6.45, 7) is 0.493. The van der Waals surface area contributed by atoms with Crippen LogP contribution in [0, 0.1) is 6.07 Å². The van der Waals surface area contributed by atoms with E-state index < -0.39 is 0 Å². The van der Waals surface area contributed by atoms with Gasteiger partial charge in [-0.3, -0.25) is 0 Å². The van der Waals surface area contributed by atoms with Crippen LogP contribution < -0.4 is 9.47 Å². The fourth-order valence-electron chi connectivity index (χ4n) is 0.949. The monoisotopic (exact) mass is 211 g/mol. The summed E-state index contributed by atoms with van der Waals surface area (Å²) in [4.78, 5) is 0. The average molecular weight is 212 g/mol. The molecule has 0 saturated carbocycles. The number of rotatable bonds is 5. The van der Waals surface area contributed by atoms with E-state index >= 15 is 0 Å². The number of methoxy groups -OCH3 is 1. The Kier molecular flexibility index (Phi) is 4.94. The van der Waals surface area contributed by atoms with Gasteiger partial charge in [-0.15, -0.1) is 11.6 Å². The molecule has 0 atom stereocenters. The molecule has 0 heterocycles. The molecule has 0 unspecified atom stereocenters. The van der Waals surface area contributed by atoms with Crippen molar-refractivity contribution in [2.45, 2.75) is 0 Å². The van der Waals surface area contributed by atoms with Gasteiger partial charge in [-0.25, -0.2) is 0 Å². The van der Waals surface area contributed by atoms with Gasteiger partial charge in [0.05, 0.1) is 7.11 Å². The fourth-order valence-corrected chi connectivity index (χ4v) is 1.07. The van der Waals surface area contributed by atoms with E-state index in [0.717, 1.165) is 0 Å². The molecule has 0 fully saturated rings. The molecule has 1 aromatic carbocycles. The first-order chi connectivity index (χ1) is 6.88. The Hall–Kier alpha value is -1.15. The number of benzene rings is 1. The second-order valence-corrected chi connectivity index (χ2v) is 2.82. The van der Waals surface area contributed by atoms with Crippen LogP contribution in [-0.2, 0) is 0 Å². The summed E-state index contributed by atoms with van der Waals surface area (Å²) in [6.07, 6.45) is 3.70. The fraction of sp³-hybridized carbons (Fsp3) is 0.273. The number of alkyl halides is 1. The van der Waals surface area contributed by atoms with Gasteiger partial charge in [0.25, 0.3) is 0 Å². The summed E-state index contributed by atoms with van der Waals surface area (Å²) in [5.74, 6) is 1.90. The molecule has 0 aliphatic rings. The van der Waals surface area contributed by atoms with Crippen LogP contribution in [0.4, 0.5) is 0 Å². The van der Waals surface area contributed by atoms with E-state index in [1.807, 2.05) is 18.2 Å². The Balaban J connectivity index is 2.53. The topological polar surface area (TPSA) is 18.5 Å². The van der Waals surface area contributed by atoms with Gasteiger partial charge >= 0.3 is 0 Å². The Labute approximate surface area is 89.1 Å². The molecule has 2 nitrogen and oxygen atoms in total. The summed E-state index contributed by atoms with van der Waals surface area (Å²) in [7, 11) is 1.60. The Bertz CT molecular complexity index is 297. The van der Waals surface area contributed by atoms with Crippen molar-refractivity contribution in [1.29, 1.82) is 0 Å². The highest BCUT2D eigenvalue weighted by molar-refractivity contribution is 6.18. The molecule has 1 aromatic rings. The van der Waals surface area contributed by atoms with Gasteiger partial charge in [0.2, 0.25) is 0 Å². The standard InChI is InChI=1S/C11H12ClO2/c1-13-10-6-2-3-7-11(10)14-9-5-4-8-12/h3-7H,8-9H2,1H3. The number of allylic oxidation sites excluding steroid dienone is 1. The van der Waals surface area contributed by atoms with Gasteiger partial charge in [-0.2, -0.15) is 0 Å². The highest BCUT2D eigenvalue weighted by Crippen LogP contribution is 2.25. The van der Waals surface area contributed by atoms with E-state index in [2.05, 4.69) is 6.07 Å². The van der Waals surface area contributed by atoms with Crippen molar-refractivity contribution in [3.8, 4) is 11.5 Å². The molecule has 3 heteroatoms. The summed E-state index contributed by atoms with van der Waals surface area (Å²) in [5.41, 5.74) is 0. The second kappa shape index (κ2) is 6.33. The van der Waals surface area contributed by atoms with Gasteiger partial charge in [0.15, 0.2) is 11.5 Å². The minimum absolute atomic E-state index is 0.493. The van der Waals surface area contributed by atoms with Crippen molar-refractivity contribution in [2.75, 3.05) is 19.6 Å². The van der Waals surface area contributed by atoms with Crippen LogP contribution in [0.3, 0.4) is 0 Å². The van der Waals surface area contributed by atoms with E-state index in [-0.39, 0.29) is 0 Å². The number of hydrogen-bond acceptors (Lipinski definition) is 2. The van der Waals surface area contributed by atoms with E-state index in [0.29, 0.717) is 24.0 Å². The largest absolute Gasteiger partial charge is 0.493 e. The van der Waals surface area contributed by atoms with E-state index in [1.165, 1.54) is 0 Å². The first-order valence-electron chi connectivity index (χ1n) is 4.26. The van der Waals surface area contributed by atoms with Crippen LogP contribution in [0.25, 0.3) is 0 Å². The molecule has 1 radical (unpaired) electrons. The summed E-state index contributed by atoms with van der Waals surface area (Å²) in [6, 6.07) is 8.24. The lowest BCUT2D eigenvalue weighted by Gasteiger charge is -2.07. The molecule has 75 valence electrons. The maximum atomic E-state index is 5.47. The van der Waals surface area contributed by atoms with E-state index in [9.17, 15) is 0 Å². The van der Waals surface area contributed by atoms with Crippen molar-refractivity contribution >= 4 is 11.6 Å². The van der Waals surface area contributed by atoms with E-state index in [4.69, 9.17) is 21.1 Å². The summed E-state index contributed by atoms with van der Waals surface area (Å²) in [5, 5.41) is 0. The maximum absolute atomic E-state index is 5.47. The number of halogens is 1. The van der Waals surface area contributed by atoms with Gasteiger partial charge < -0.3 is 9.47 Å². The van der Waals surface area contributed by atoms with Crippen LogP contribution in [0.2, 0.25) is 0 Å². The van der Waals surface area contributed by atoms with Crippen LogP contribution >= 0.6 is 11.6 Å². The minimum Gasteiger partial charge on any atom is -0.493 e. The molecule has 0 amide bonds. The molecule has 0 N–H and O–H groups in total. The lowest BCUT2D eigenvalue weighted by Crippen LogP contribution is -1.96. The first kappa shape index (κ1) is 10.9. The van der Waals surface area contributed by atoms with Crippen molar-refractivity contribution in [3.63, 3.8) is 0 Å². The molecule has 1 rings (SSSR count). The van der Waals surface area contributed by atoms with Crippen LogP contribution in [0.15, 0.2) is 30.4 Å². The predicted molar refractivity (Wildman–Crippen MR) is 57.2 cm³/mol. The molecule has 0 aromatic heterocycles. The third-order valence-corrected chi connectivity index (χ3v) is 1.78. The lowest BCUT2D eigenvalue weighted by atomic mass is 10.3. The molecule has 0 spiro atoms. The van der Waals surface area contributed by atoms with Gasteiger partial charge in [-0.1, -0.05) is 18.2 Å². The zero-order valence-electron chi connectivity index (χ0n) is 8.00. The van der Waals surface area contributed by atoms with Crippen LogP contribution in [-0.4, -0.2) is 19.6 Å². The normalized spacial score (nSPS) is 10.4. The van der Waals surface area contributed by atoms with Crippen LogP contribution in [0.5, 0.6) is 11.5 Å². The molecule has 14 heavy (non-hydrogen) atoms. The van der Waals surface area contributed by atoms with Crippen LogP contribution in [0.1, 0.15) is 0 Å².